The Morgan fingerprint density at radius 3 is 2.62 bits per heavy atom. The zero-order chi connectivity index (χ0) is 15.1. The van der Waals surface area contributed by atoms with E-state index in [1.165, 1.54) is 5.56 Å². The summed E-state index contributed by atoms with van der Waals surface area (Å²) in [5, 5.41) is 4.05. The standard InChI is InChI=1S/C17H22ClN3/c1-3-9-19-11-15-10-16(18)17(20-12-15)21(2)13-14-7-5-4-6-8-14/h4-8,10,12,19H,3,9,11,13H2,1-2H3. The van der Waals surface area contributed by atoms with Crippen molar-refractivity contribution in [1.29, 1.82) is 0 Å². The van der Waals surface area contributed by atoms with Gasteiger partial charge in [0.05, 0.1) is 5.02 Å². The summed E-state index contributed by atoms with van der Waals surface area (Å²) in [7, 11) is 2.01. The van der Waals surface area contributed by atoms with Gasteiger partial charge >= 0.3 is 0 Å². The van der Waals surface area contributed by atoms with Crippen molar-refractivity contribution in [3.05, 3.63) is 58.7 Å². The average molecular weight is 304 g/mol. The highest BCUT2D eigenvalue weighted by atomic mass is 35.5. The molecular formula is C17H22ClN3. The first-order valence-electron chi connectivity index (χ1n) is 7.31. The molecule has 0 saturated carbocycles. The number of pyridine rings is 1. The Morgan fingerprint density at radius 2 is 1.95 bits per heavy atom. The zero-order valence-corrected chi connectivity index (χ0v) is 13.4. The molecule has 1 aromatic carbocycles. The fourth-order valence-electron chi connectivity index (χ4n) is 2.19. The molecule has 0 aliphatic rings. The van der Waals surface area contributed by atoms with E-state index in [1.807, 2.05) is 37.5 Å². The Balaban J connectivity index is 2.02. The normalized spacial score (nSPS) is 10.6. The third-order valence-corrected chi connectivity index (χ3v) is 3.54. The van der Waals surface area contributed by atoms with E-state index in [-0.39, 0.29) is 0 Å². The topological polar surface area (TPSA) is 28.2 Å². The van der Waals surface area contributed by atoms with Crippen LogP contribution in [0.1, 0.15) is 24.5 Å². The summed E-state index contributed by atoms with van der Waals surface area (Å²) in [4.78, 5) is 6.58. The number of hydrogen-bond donors (Lipinski definition) is 1. The molecule has 0 unspecified atom stereocenters. The minimum Gasteiger partial charge on any atom is -0.354 e. The minimum atomic E-state index is 0.698. The highest BCUT2D eigenvalue weighted by molar-refractivity contribution is 6.33. The van der Waals surface area contributed by atoms with E-state index in [2.05, 4.69) is 34.3 Å². The summed E-state index contributed by atoms with van der Waals surface area (Å²) in [6.07, 6.45) is 3.02. The van der Waals surface area contributed by atoms with Crippen LogP contribution >= 0.6 is 11.6 Å². The van der Waals surface area contributed by atoms with Crippen molar-refractivity contribution in [2.45, 2.75) is 26.4 Å². The van der Waals surface area contributed by atoms with Crippen LogP contribution in [-0.4, -0.2) is 18.6 Å². The molecule has 0 amide bonds. The zero-order valence-electron chi connectivity index (χ0n) is 12.6. The monoisotopic (exact) mass is 303 g/mol. The van der Waals surface area contributed by atoms with Gasteiger partial charge in [-0.15, -0.1) is 0 Å². The second-order valence-electron chi connectivity index (χ2n) is 5.17. The van der Waals surface area contributed by atoms with Gasteiger partial charge in [0.25, 0.3) is 0 Å². The van der Waals surface area contributed by atoms with Gasteiger partial charge in [0.2, 0.25) is 0 Å². The van der Waals surface area contributed by atoms with Gasteiger partial charge in [-0.3, -0.25) is 0 Å². The van der Waals surface area contributed by atoms with Crippen LogP contribution in [-0.2, 0) is 13.1 Å². The van der Waals surface area contributed by atoms with E-state index in [9.17, 15) is 0 Å². The molecule has 0 spiro atoms. The van der Waals surface area contributed by atoms with Gasteiger partial charge < -0.3 is 10.2 Å². The van der Waals surface area contributed by atoms with Crippen molar-refractivity contribution in [3.8, 4) is 0 Å². The van der Waals surface area contributed by atoms with Crippen LogP contribution in [0, 0.1) is 0 Å². The van der Waals surface area contributed by atoms with Gasteiger partial charge in [0, 0.05) is 26.3 Å². The Labute approximate surface area is 132 Å². The number of aromatic nitrogens is 1. The van der Waals surface area contributed by atoms with Crippen LogP contribution in [0.2, 0.25) is 5.02 Å². The molecule has 1 aromatic heterocycles. The van der Waals surface area contributed by atoms with Crippen molar-refractivity contribution in [1.82, 2.24) is 10.3 Å². The van der Waals surface area contributed by atoms with Crippen molar-refractivity contribution >= 4 is 17.4 Å². The summed E-state index contributed by atoms with van der Waals surface area (Å²) in [5.74, 6) is 0.819. The molecule has 0 atom stereocenters. The quantitative estimate of drug-likeness (QED) is 0.787. The molecule has 0 fully saturated rings. The molecule has 0 saturated heterocycles. The first-order valence-corrected chi connectivity index (χ1v) is 7.68. The number of benzene rings is 1. The molecular weight excluding hydrogens is 282 g/mol. The smallest absolute Gasteiger partial charge is 0.147 e. The molecule has 4 heteroatoms. The molecule has 3 nitrogen and oxygen atoms in total. The number of nitrogens with zero attached hydrogens (tertiary/aromatic N) is 2. The summed E-state index contributed by atoms with van der Waals surface area (Å²) in [5.41, 5.74) is 2.36. The van der Waals surface area contributed by atoms with Gasteiger partial charge in [0.1, 0.15) is 5.82 Å². The lowest BCUT2D eigenvalue weighted by Gasteiger charge is -2.20. The van der Waals surface area contributed by atoms with Gasteiger partial charge in [-0.2, -0.15) is 0 Å². The van der Waals surface area contributed by atoms with Crippen molar-refractivity contribution < 1.29 is 0 Å². The van der Waals surface area contributed by atoms with E-state index in [0.29, 0.717) is 5.02 Å². The number of halogens is 1. The SMILES string of the molecule is CCCNCc1cnc(N(C)Cc2ccccc2)c(Cl)c1. The molecule has 21 heavy (non-hydrogen) atoms. The van der Waals surface area contributed by atoms with Crippen molar-refractivity contribution in [2.24, 2.45) is 0 Å². The third kappa shape index (κ3) is 4.73. The fourth-order valence-corrected chi connectivity index (χ4v) is 2.52. The van der Waals surface area contributed by atoms with E-state index >= 15 is 0 Å². The number of anilines is 1. The van der Waals surface area contributed by atoms with Gasteiger partial charge in [-0.05, 0) is 30.2 Å². The Bertz CT molecular complexity index is 557. The highest BCUT2D eigenvalue weighted by Gasteiger charge is 2.09. The van der Waals surface area contributed by atoms with Gasteiger partial charge in [-0.1, -0.05) is 48.9 Å². The molecule has 0 bridgehead atoms. The van der Waals surface area contributed by atoms with Crippen molar-refractivity contribution in [2.75, 3.05) is 18.5 Å². The summed E-state index contributed by atoms with van der Waals surface area (Å²) >= 11 is 6.37. The predicted octanol–water partition coefficient (Wildman–Crippen LogP) is 3.87. The molecule has 0 aliphatic heterocycles. The first-order chi connectivity index (χ1) is 10.2. The largest absolute Gasteiger partial charge is 0.354 e. The third-order valence-electron chi connectivity index (χ3n) is 3.26. The lowest BCUT2D eigenvalue weighted by Crippen LogP contribution is -2.19. The molecule has 112 valence electrons. The van der Waals surface area contributed by atoms with E-state index in [4.69, 9.17) is 11.6 Å². The number of nitrogens with one attached hydrogen (secondary N) is 1. The van der Waals surface area contributed by atoms with Crippen LogP contribution in [0.3, 0.4) is 0 Å². The summed E-state index contributed by atoms with van der Waals surface area (Å²) in [6, 6.07) is 12.3. The lowest BCUT2D eigenvalue weighted by atomic mass is 10.2. The van der Waals surface area contributed by atoms with E-state index in [1.54, 1.807) is 0 Å². The van der Waals surface area contributed by atoms with Crippen molar-refractivity contribution in [3.63, 3.8) is 0 Å². The van der Waals surface area contributed by atoms with E-state index < -0.39 is 0 Å². The first kappa shape index (κ1) is 15.8. The lowest BCUT2D eigenvalue weighted by molar-refractivity contribution is 0.674. The van der Waals surface area contributed by atoms with E-state index in [0.717, 1.165) is 37.4 Å². The predicted molar refractivity (Wildman–Crippen MR) is 89.8 cm³/mol. The Morgan fingerprint density at radius 1 is 1.19 bits per heavy atom. The summed E-state index contributed by atoms with van der Waals surface area (Å²) in [6.45, 7) is 4.76. The van der Waals surface area contributed by atoms with Crippen LogP contribution in [0.15, 0.2) is 42.6 Å². The molecule has 1 heterocycles. The molecule has 2 aromatic rings. The Kier molecular flexibility index (Phi) is 6.03. The maximum atomic E-state index is 6.37. The summed E-state index contributed by atoms with van der Waals surface area (Å²) < 4.78 is 0. The maximum absolute atomic E-state index is 6.37. The van der Waals surface area contributed by atoms with Crippen LogP contribution in [0.5, 0.6) is 0 Å². The van der Waals surface area contributed by atoms with Gasteiger partial charge in [0.15, 0.2) is 0 Å². The second-order valence-corrected chi connectivity index (χ2v) is 5.57. The average Bonchev–Trinajstić information content (AvgIpc) is 2.48. The number of rotatable bonds is 7. The Hall–Kier alpha value is -1.58. The molecule has 1 N–H and O–H groups in total. The molecule has 2 rings (SSSR count). The highest BCUT2D eigenvalue weighted by Crippen LogP contribution is 2.24. The van der Waals surface area contributed by atoms with Crippen LogP contribution in [0.25, 0.3) is 0 Å². The fraction of sp³-hybridized carbons (Fsp3) is 0.353. The van der Waals surface area contributed by atoms with Gasteiger partial charge in [-0.25, -0.2) is 4.98 Å². The minimum absolute atomic E-state index is 0.698. The number of hydrogen-bond acceptors (Lipinski definition) is 3. The molecule has 0 radical (unpaired) electrons. The van der Waals surface area contributed by atoms with Crippen LogP contribution < -0.4 is 10.2 Å². The van der Waals surface area contributed by atoms with Crippen LogP contribution in [0.4, 0.5) is 5.82 Å². The maximum Gasteiger partial charge on any atom is 0.147 e. The second kappa shape index (κ2) is 8.01. The molecule has 0 aliphatic carbocycles.